The van der Waals surface area contributed by atoms with Gasteiger partial charge in [0.15, 0.2) is 17.4 Å². The molecule has 0 aliphatic rings. The normalized spacial score (nSPS) is 10.4. The lowest BCUT2D eigenvalue weighted by Gasteiger charge is -2.10. The third-order valence-electron chi connectivity index (χ3n) is 2.83. The number of benzene rings is 2. The molecule has 0 aromatic heterocycles. The number of aliphatic hydroxyl groups excluding tert-OH is 1. The molecule has 110 valence electrons. The average Bonchev–Trinajstić information content (AvgIpc) is 2.44. The highest BCUT2D eigenvalue weighted by Crippen LogP contribution is 2.28. The molecule has 3 nitrogen and oxygen atoms in total. The van der Waals surface area contributed by atoms with Crippen LogP contribution in [0.2, 0.25) is 0 Å². The predicted octanol–water partition coefficient (Wildman–Crippen LogP) is 2.93. The van der Waals surface area contributed by atoms with Gasteiger partial charge in [-0.25, -0.2) is 8.78 Å². The molecule has 2 aromatic rings. The SMILES string of the molecule is NC(=S)c1cc(F)c(Oc2ccc(CCO)cc2)c(F)c1. The Hall–Kier alpha value is -2.05. The summed E-state index contributed by atoms with van der Waals surface area (Å²) < 4.78 is 32.9. The maximum Gasteiger partial charge on any atom is 0.198 e. The van der Waals surface area contributed by atoms with Gasteiger partial charge in [0.05, 0.1) is 0 Å². The zero-order valence-electron chi connectivity index (χ0n) is 11.0. The summed E-state index contributed by atoms with van der Waals surface area (Å²) in [6.07, 6.45) is 0.506. The van der Waals surface area contributed by atoms with Crippen LogP contribution in [-0.4, -0.2) is 16.7 Å². The second kappa shape index (κ2) is 6.60. The van der Waals surface area contributed by atoms with Crippen LogP contribution in [0, 0.1) is 11.6 Å². The Morgan fingerprint density at radius 1 is 1.14 bits per heavy atom. The first kappa shape index (κ1) is 15.3. The quantitative estimate of drug-likeness (QED) is 0.834. The zero-order chi connectivity index (χ0) is 15.4. The average molecular weight is 309 g/mol. The number of nitrogens with two attached hydrogens (primary N) is 1. The highest BCUT2D eigenvalue weighted by molar-refractivity contribution is 7.80. The van der Waals surface area contributed by atoms with Crippen LogP contribution < -0.4 is 10.5 Å². The molecule has 0 atom stereocenters. The van der Waals surface area contributed by atoms with Gasteiger partial charge in [-0.2, -0.15) is 0 Å². The van der Waals surface area contributed by atoms with Crippen molar-refractivity contribution in [3.63, 3.8) is 0 Å². The number of aliphatic hydroxyl groups is 1. The lowest BCUT2D eigenvalue weighted by atomic mass is 10.1. The van der Waals surface area contributed by atoms with E-state index in [0.29, 0.717) is 6.42 Å². The van der Waals surface area contributed by atoms with Crippen molar-refractivity contribution in [3.8, 4) is 11.5 Å². The van der Waals surface area contributed by atoms with Crippen molar-refractivity contribution in [1.82, 2.24) is 0 Å². The summed E-state index contributed by atoms with van der Waals surface area (Å²) >= 11 is 4.68. The molecule has 6 heteroatoms. The van der Waals surface area contributed by atoms with Crippen molar-refractivity contribution in [1.29, 1.82) is 0 Å². The Labute approximate surface area is 126 Å². The van der Waals surface area contributed by atoms with Gasteiger partial charge in [-0.05, 0) is 36.2 Å². The van der Waals surface area contributed by atoms with Gasteiger partial charge in [-0.15, -0.1) is 0 Å². The summed E-state index contributed by atoms with van der Waals surface area (Å²) in [6.45, 7) is 0.0317. The number of hydrogen-bond donors (Lipinski definition) is 2. The molecule has 0 radical (unpaired) electrons. The standard InChI is InChI=1S/C15H13F2NO2S/c16-12-7-10(15(18)21)8-13(17)14(12)20-11-3-1-9(2-4-11)5-6-19/h1-4,7-8,19H,5-6H2,(H2,18,21). The molecule has 0 amide bonds. The minimum Gasteiger partial charge on any atom is -0.451 e. The minimum absolute atomic E-state index is 0.0317. The van der Waals surface area contributed by atoms with E-state index in [2.05, 4.69) is 12.2 Å². The Morgan fingerprint density at radius 2 is 1.71 bits per heavy atom. The largest absolute Gasteiger partial charge is 0.451 e. The molecule has 0 aliphatic carbocycles. The van der Waals surface area contributed by atoms with E-state index < -0.39 is 17.4 Å². The van der Waals surface area contributed by atoms with E-state index in [0.717, 1.165) is 17.7 Å². The van der Waals surface area contributed by atoms with Gasteiger partial charge in [0, 0.05) is 12.2 Å². The molecule has 0 saturated heterocycles. The first-order valence-corrected chi connectivity index (χ1v) is 6.58. The van der Waals surface area contributed by atoms with E-state index in [4.69, 9.17) is 15.6 Å². The molecule has 2 aromatic carbocycles. The van der Waals surface area contributed by atoms with E-state index in [1.54, 1.807) is 24.3 Å². The Bertz CT molecular complexity index is 636. The van der Waals surface area contributed by atoms with Gasteiger partial charge >= 0.3 is 0 Å². The monoisotopic (exact) mass is 309 g/mol. The summed E-state index contributed by atoms with van der Waals surface area (Å²) in [7, 11) is 0. The van der Waals surface area contributed by atoms with E-state index in [9.17, 15) is 8.78 Å². The third kappa shape index (κ3) is 3.74. The smallest absolute Gasteiger partial charge is 0.198 e. The molecule has 0 aliphatic heterocycles. The van der Waals surface area contributed by atoms with Crippen LogP contribution >= 0.6 is 12.2 Å². The minimum atomic E-state index is -0.878. The first-order chi connectivity index (χ1) is 10.0. The fraction of sp³-hybridized carbons (Fsp3) is 0.133. The Kier molecular flexibility index (Phi) is 4.82. The fourth-order valence-corrected chi connectivity index (χ4v) is 1.89. The highest BCUT2D eigenvalue weighted by atomic mass is 32.1. The van der Waals surface area contributed by atoms with Crippen LogP contribution in [0.3, 0.4) is 0 Å². The second-order valence-corrected chi connectivity index (χ2v) is 4.79. The molecule has 21 heavy (non-hydrogen) atoms. The highest BCUT2D eigenvalue weighted by Gasteiger charge is 2.14. The van der Waals surface area contributed by atoms with Crippen molar-refractivity contribution in [2.75, 3.05) is 6.61 Å². The third-order valence-corrected chi connectivity index (χ3v) is 3.06. The summed E-state index contributed by atoms with van der Waals surface area (Å²) in [6, 6.07) is 8.63. The molecule has 2 rings (SSSR count). The molecular weight excluding hydrogens is 296 g/mol. The lowest BCUT2D eigenvalue weighted by molar-refractivity contribution is 0.299. The number of rotatable bonds is 5. The van der Waals surface area contributed by atoms with Crippen molar-refractivity contribution in [2.45, 2.75) is 6.42 Å². The maximum atomic E-state index is 13.8. The summed E-state index contributed by atoms with van der Waals surface area (Å²) in [5.41, 5.74) is 6.34. The predicted molar refractivity (Wildman–Crippen MR) is 79.6 cm³/mol. The van der Waals surface area contributed by atoms with Gasteiger partial charge in [0.2, 0.25) is 0 Å². The van der Waals surface area contributed by atoms with Gasteiger partial charge in [0.25, 0.3) is 0 Å². The Balaban J connectivity index is 2.25. The van der Waals surface area contributed by atoms with Crippen LogP contribution in [0.5, 0.6) is 11.5 Å². The van der Waals surface area contributed by atoms with Gasteiger partial charge in [0.1, 0.15) is 10.7 Å². The van der Waals surface area contributed by atoms with E-state index in [-0.39, 0.29) is 22.9 Å². The van der Waals surface area contributed by atoms with E-state index in [1.807, 2.05) is 0 Å². The van der Waals surface area contributed by atoms with Gasteiger partial charge in [-0.1, -0.05) is 24.4 Å². The zero-order valence-corrected chi connectivity index (χ0v) is 11.8. The van der Waals surface area contributed by atoms with Crippen molar-refractivity contribution in [2.24, 2.45) is 5.73 Å². The summed E-state index contributed by atoms with van der Waals surface area (Å²) in [5.74, 6) is -1.98. The van der Waals surface area contributed by atoms with Crippen molar-refractivity contribution in [3.05, 3.63) is 59.2 Å². The molecule has 0 heterocycles. The molecule has 0 bridgehead atoms. The number of hydrogen-bond acceptors (Lipinski definition) is 3. The maximum absolute atomic E-state index is 13.8. The first-order valence-electron chi connectivity index (χ1n) is 6.17. The van der Waals surface area contributed by atoms with Gasteiger partial charge < -0.3 is 15.6 Å². The summed E-state index contributed by atoms with van der Waals surface area (Å²) in [4.78, 5) is -0.0901. The van der Waals surface area contributed by atoms with E-state index >= 15 is 0 Å². The van der Waals surface area contributed by atoms with Gasteiger partial charge in [-0.3, -0.25) is 0 Å². The molecule has 3 N–H and O–H groups in total. The molecule has 0 saturated carbocycles. The van der Waals surface area contributed by atoms with Crippen LogP contribution in [0.15, 0.2) is 36.4 Å². The van der Waals surface area contributed by atoms with Crippen LogP contribution in [0.4, 0.5) is 8.78 Å². The second-order valence-electron chi connectivity index (χ2n) is 4.35. The van der Waals surface area contributed by atoms with Crippen LogP contribution in [0.1, 0.15) is 11.1 Å². The topological polar surface area (TPSA) is 55.5 Å². The van der Waals surface area contributed by atoms with Crippen LogP contribution in [0.25, 0.3) is 0 Å². The molecule has 0 fully saturated rings. The van der Waals surface area contributed by atoms with Crippen molar-refractivity contribution < 1.29 is 18.6 Å². The van der Waals surface area contributed by atoms with E-state index in [1.165, 1.54) is 0 Å². The lowest BCUT2D eigenvalue weighted by Crippen LogP contribution is -2.10. The summed E-state index contributed by atoms with van der Waals surface area (Å²) in [5, 5.41) is 8.82. The number of thiocarbonyl (C=S) groups is 1. The molecular formula is C15H13F2NO2S. The number of ether oxygens (including phenoxy) is 1. The van der Waals surface area contributed by atoms with Crippen LogP contribution in [-0.2, 0) is 6.42 Å². The number of halogens is 2. The molecule has 0 unspecified atom stereocenters. The Morgan fingerprint density at radius 3 is 2.19 bits per heavy atom. The van der Waals surface area contributed by atoms with Crippen molar-refractivity contribution >= 4 is 17.2 Å². The molecule has 0 spiro atoms. The fourth-order valence-electron chi connectivity index (χ4n) is 1.77.